The highest BCUT2D eigenvalue weighted by Gasteiger charge is 2.17. The summed E-state index contributed by atoms with van der Waals surface area (Å²) in [4.78, 5) is 17.3. The molecule has 158 valence electrons. The fourth-order valence-electron chi connectivity index (χ4n) is 3.51. The Hall–Kier alpha value is -3.97. The van der Waals surface area contributed by atoms with Crippen molar-refractivity contribution >= 4 is 28.8 Å². The van der Waals surface area contributed by atoms with E-state index in [9.17, 15) is 4.79 Å². The van der Waals surface area contributed by atoms with Crippen molar-refractivity contribution in [3.05, 3.63) is 101 Å². The molecule has 2 aromatic carbocycles. The third kappa shape index (κ3) is 3.86. The zero-order valence-electron chi connectivity index (χ0n) is 17.2. The van der Waals surface area contributed by atoms with E-state index in [0.29, 0.717) is 28.5 Å². The molecular formula is C24H19ClN6O. The van der Waals surface area contributed by atoms with E-state index in [1.165, 1.54) is 11.8 Å². The summed E-state index contributed by atoms with van der Waals surface area (Å²) in [6.07, 6.45) is 6.58. The SMILES string of the molecule is Cc1ccc(-c2ccnc3c(C(=O)Nc4cnn(Cc5ccccc5Cl)c4)cnn23)cc1. The van der Waals surface area contributed by atoms with E-state index in [1.54, 1.807) is 27.8 Å². The van der Waals surface area contributed by atoms with Crippen LogP contribution in [0, 0.1) is 6.92 Å². The van der Waals surface area contributed by atoms with Gasteiger partial charge >= 0.3 is 0 Å². The minimum absolute atomic E-state index is 0.300. The van der Waals surface area contributed by atoms with Crippen LogP contribution in [0.5, 0.6) is 0 Å². The average Bonchev–Trinajstić information content (AvgIpc) is 3.42. The number of nitrogens with zero attached hydrogens (tertiary/aromatic N) is 5. The van der Waals surface area contributed by atoms with Crippen LogP contribution in [-0.4, -0.2) is 30.3 Å². The maximum Gasteiger partial charge on any atom is 0.261 e. The smallest absolute Gasteiger partial charge is 0.261 e. The summed E-state index contributed by atoms with van der Waals surface area (Å²) in [5.41, 5.74) is 5.44. The van der Waals surface area contributed by atoms with Crippen LogP contribution in [0.3, 0.4) is 0 Å². The molecule has 0 bridgehead atoms. The zero-order chi connectivity index (χ0) is 22.1. The standard InChI is InChI=1S/C24H19ClN6O/c1-16-6-8-17(9-7-16)22-10-11-26-23-20(13-28-31(22)23)24(32)29-19-12-27-30(15-19)14-18-4-2-3-5-21(18)25/h2-13,15H,14H2,1H3,(H,29,32). The molecule has 5 aromatic rings. The predicted molar refractivity (Wildman–Crippen MR) is 124 cm³/mol. The lowest BCUT2D eigenvalue weighted by atomic mass is 10.1. The van der Waals surface area contributed by atoms with E-state index in [0.717, 1.165) is 16.8 Å². The maximum absolute atomic E-state index is 12.9. The van der Waals surface area contributed by atoms with Crippen molar-refractivity contribution in [3.63, 3.8) is 0 Å². The Labute approximate surface area is 189 Å². The molecule has 7 nitrogen and oxygen atoms in total. The second kappa shape index (κ2) is 8.28. The monoisotopic (exact) mass is 442 g/mol. The molecule has 0 unspecified atom stereocenters. The van der Waals surface area contributed by atoms with Crippen LogP contribution in [0.15, 0.2) is 79.4 Å². The number of carbonyl (C=O) groups is 1. The molecule has 1 amide bonds. The van der Waals surface area contributed by atoms with Crippen LogP contribution in [0.25, 0.3) is 16.9 Å². The number of nitrogens with one attached hydrogen (secondary N) is 1. The third-order valence-electron chi connectivity index (χ3n) is 5.17. The van der Waals surface area contributed by atoms with Gasteiger partial charge in [0.25, 0.3) is 5.91 Å². The Bertz CT molecular complexity index is 1420. The number of rotatable bonds is 5. The molecule has 0 saturated carbocycles. The van der Waals surface area contributed by atoms with E-state index in [4.69, 9.17) is 11.6 Å². The molecule has 1 N–H and O–H groups in total. The van der Waals surface area contributed by atoms with Crippen LogP contribution in [0.2, 0.25) is 5.02 Å². The topological polar surface area (TPSA) is 77.1 Å². The minimum atomic E-state index is -0.300. The Morgan fingerprint density at radius 3 is 2.66 bits per heavy atom. The molecule has 0 spiro atoms. The Morgan fingerprint density at radius 2 is 1.84 bits per heavy atom. The van der Waals surface area contributed by atoms with Gasteiger partial charge < -0.3 is 5.32 Å². The fourth-order valence-corrected chi connectivity index (χ4v) is 3.70. The highest BCUT2D eigenvalue weighted by Crippen LogP contribution is 2.22. The van der Waals surface area contributed by atoms with Gasteiger partial charge in [0.1, 0.15) is 5.56 Å². The molecule has 8 heteroatoms. The van der Waals surface area contributed by atoms with E-state index in [1.807, 2.05) is 61.5 Å². The lowest BCUT2D eigenvalue weighted by Gasteiger charge is -2.06. The van der Waals surface area contributed by atoms with Crippen molar-refractivity contribution in [3.8, 4) is 11.3 Å². The second-order valence-electron chi connectivity index (χ2n) is 7.46. The van der Waals surface area contributed by atoms with Gasteiger partial charge in [0, 0.05) is 23.0 Å². The summed E-state index contributed by atoms with van der Waals surface area (Å²) in [6.45, 7) is 2.55. The molecule has 3 aromatic heterocycles. The van der Waals surface area contributed by atoms with E-state index >= 15 is 0 Å². The number of carbonyl (C=O) groups excluding carboxylic acids is 1. The van der Waals surface area contributed by atoms with Crippen molar-refractivity contribution in [2.75, 3.05) is 5.32 Å². The van der Waals surface area contributed by atoms with Gasteiger partial charge in [-0.25, -0.2) is 9.50 Å². The summed E-state index contributed by atoms with van der Waals surface area (Å²) in [7, 11) is 0. The molecule has 0 atom stereocenters. The number of amides is 1. The molecule has 0 aliphatic rings. The van der Waals surface area contributed by atoms with E-state index in [-0.39, 0.29) is 5.91 Å². The number of aryl methyl sites for hydroxylation is 1. The molecule has 0 fully saturated rings. The lowest BCUT2D eigenvalue weighted by molar-refractivity contribution is 0.102. The lowest BCUT2D eigenvalue weighted by Crippen LogP contribution is -2.11. The normalized spacial score (nSPS) is 11.1. The summed E-state index contributed by atoms with van der Waals surface area (Å²) >= 11 is 6.23. The van der Waals surface area contributed by atoms with Crippen molar-refractivity contribution in [1.82, 2.24) is 24.4 Å². The first-order valence-electron chi connectivity index (χ1n) is 10.1. The number of hydrogen-bond donors (Lipinski definition) is 1. The number of hydrogen-bond acceptors (Lipinski definition) is 4. The maximum atomic E-state index is 12.9. The van der Waals surface area contributed by atoms with Gasteiger partial charge in [-0.3, -0.25) is 9.48 Å². The van der Waals surface area contributed by atoms with Gasteiger partial charge in [-0.2, -0.15) is 10.2 Å². The summed E-state index contributed by atoms with van der Waals surface area (Å²) in [5.74, 6) is -0.300. The van der Waals surface area contributed by atoms with Gasteiger partial charge in [0.2, 0.25) is 0 Å². The van der Waals surface area contributed by atoms with Crippen LogP contribution in [-0.2, 0) is 6.54 Å². The summed E-state index contributed by atoms with van der Waals surface area (Å²) in [6, 6.07) is 17.6. The molecule has 0 saturated heterocycles. The van der Waals surface area contributed by atoms with Crippen LogP contribution >= 0.6 is 11.6 Å². The highest BCUT2D eigenvalue weighted by atomic mass is 35.5. The Kier molecular flexibility index (Phi) is 5.17. The fraction of sp³-hybridized carbons (Fsp3) is 0.0833. The first-order valence-corrected chi connectivity index (χ1v) is 10.4. The molecule has 0 aliphatic heterocycles. The predicted octanol–water partition coefficient (Wildman–Crippen LogP) is 4.86. The van der Waals surface area contributed by atoms with E-state index in [2.05, 4.69) is 20.5 Å². The highest BCUT2D eigenvalue weighted by molar-refractivity contribution is 6.31. The second-order valence-corrected chi connectivity index (χ2v) is 7.87. The quantitative estimate of drug-likeness (QED) is 0.422. The Balaban J connectivity index is 1.38. The first-order chi connectivity index (χ1) is 15.6. The number of anilines is 1. The minimum Gasteiger partial charge on any atom is -0.319 e. The number of halogens is 1. The van der Waals surface area contributed by atoms with Gasteiger partial charge in [-0.15, -0.1) is 0 Å². The average molecular weight is 443 g/mol. The van der Waals surface area contributed by atoms with Crippen LogP contribution < -0.4 is 5.32 Å². The third-order valence-corrected chi connectivity index (χ3v) is 5.54. The molecule has 5 rings (SSSR count). The number of aromatic nitrogens is 5. The van der Waals surface area contributed by atoms with Crippen molar-refractivity contribution in [2.45, 2.75) is 13.5 Å². The molecule has 0 radical (unpaired) electrons. The van der Waals surface area contributed by atoms with Crippen LogP contribution in [0.4, 0.5) is 5.69 Å². The van der Waals surface area contributed by atoms with Gasteiger partial charge in [-0.05, 0) is 24.6 Å². The van der Waals surface area contributed by atoms with Gasteiger partial charge in [-0.1, -0.05) is 59.6 Å². The summed E-state index contributed by atoms with van der Waals surface area (Å²) < 4.78 is 3.40. The van der Waals surface area contributed by atoms with Crippen molar-refractivity contribution in [1.29, 1.82) is 0 Å². The van der Waals surface area contributed by atoms with Crippen LogP contribution in [0.1, 0.15) is 21.5 Å². The largest absolute Gasteiger partial charge is 0.319 e. The first kappa shape index (κ1) is 20.0. The summed E-state index contributed by atoms with van der Waals surface area (Å²) in [5, 5.41) is 12.3. The molecule has 3 heterocycles. The van der Waals surface area contributed by atoms with Crippen molar-refractivity contribution in [2.24, 2.45) is 0 Å². The molecule has 32 heavy (non-hydrogen) atoms. The van der Waals surface area contributed by atoms with E-state index < -0.39 is 0 Å². The molecular weight excluding hydrogens is 424 g/mol. The zero-order valence-corrected chi connectivity index (χ0v) is 18.0. The molecule has 0 aliphatic carbocycles. The van der Waals surface area contributed by atoms with Gasteiger partial charge in [0.05, 0.1) is 30.3 Å². The number of fused-ring (bicyclic) bond motifs is 1. The van der Waals surface area contributed by atoms with Gasteiger partial charge in [0.15, 0.2) is 5.65 Å². The Morgan fingerprint density at radius 1 is 1.03 bits per heavy atom. The van der Waals surface area contributed by atoms with Crippen molar-refractivity contribution < 1.29 is 4.79 Å². The number of benzene rings is 2.